The van der Waals surface area contributed by atoms with Gasteiger partial charge in [0.2, 0.25) is 0 Å². The van der Waals surface area contributed by atoms with E-state index in [0.29, 0.717) is 11.5 Å². The van der Waals surface area contributed by atoms with Crippen LogP contribution in [0.25, 0.3) is 21.3 Å². The number of pyridine rings is 2. The third kappa shape index (κ3) is 3.78. The summed E-state index contributed by atoms with van der Waals surface area (Å²) in [6, 6.07) is 8.77. The maximum Gasteiger partial charge on any atom is 0.0843 e. The molecule has 0 bridgehead atoms. The van der Waals surface area contributed by atoms with E-state index >= 15 is 0 Å². The summed E-state index contributed by atoms with van der Waals surface area (Å²) in [6.07, 6.45) is 7.31. The molecule has 0 aliphatic heterocycles. The van der Waals surface area contributed by atoms with Gasteiger partial charge in [-0.2, -0.15) is 0 Å². The molecule has 0 unspecified atom stereocenters. The summed E-state index contributed by atoms with van der Waals surface area (Å²) in [4.78, 5) is 8.84. The third-order valence-corrected chi connectivity index (χ3v) is 5.83. The first kappa shape index (κ1) is 11.5. The van der Waals surface area contributed by atoms with E-state index in [1.54, 1.807) is 6.07 Å². The molecule has 3 aromatic rings. The van der Waals surface area contributed by atoms with Crippen LogP contribution >= 0.6 is 11.3 Å². The zero-order chi connectivity index (χ0) is 22.9. The van der Waals surface area contributed by atoms with Crippen molar-refractivity contribution in [2.24, 2.45) is 0 Å². The van der Waals surface area contributed by atoms with E-state index in [-0.39, 0.29) is 11.7 Å². The quantitative estimate of drug-likeness (QED) is 0.496. The standard InChI is InChI=1S/C23H24N2S/c1-17-11-12-21(25-15-17)20-10-6-5-9-19-13-14-24-22(23(19)26-16-20)18-7-3-2-4-8-18/h5-6,9-16,18H,2-4,7-8H2,1H3/i1D3,11D,12D,15D. The summed E-state index contributed by atoms with van der Waals surface area (Å²) in [5, 5.41) is 2.94. The monoisotopic (exact) mass is 366 g/mol. The van der Waals surface area contributed by atoms with Gasteiger partial charge in [-0.3, -0.25) is 9.97 Å². The molecule has 26 heavy (non-hydrogen) atoms. The molecule has 132 valence electrons. The van der Waals surface area contributed by atoms with Crippen LogP contribution in [0, 0.1) is 6.85 Å². The van der Waals surface area contributed by atoms with E-state index < -0.39 is 24.6 Å². The molecule has 0 amide bonds. The second kappa shape index (κ2) is 7.96. The molecule has 4 rings (SSSR count). The van der Waals surface area contributed by atoms with Crippen LogP contribution in [-0.2, 0) is 0 Å². The number of nitrogens with zero attached hydrogens (tertiary/aromatic N) is 2. The molecule has 1 fully saturated rings. The number of hydrogen-bond acceptors (Lipinski definition) is 3. The van der Waals surface area contributed by atoms with E-state index in [9.17, 15) is 0 Å². The lowest BCUT2D eigenvalue weighted by Gasteiger charge is -2.21. The Hall–Kier alpha value is -2.26. The predicted molar refractivity (Wildman–Crippen MR) is 111 cm³/mol. The van der Waals surface area contributed by atoms with Crippen LogP contribution in [0.4, 0.5) is 0 Å². The van der Waals surface area contributed by atoms with E-state index in [4.69, 9.17) is 13.2 Å². The number of fused-ring (bicyclic) bond motifs is 1. The fraction of sp³-hybridized carbons (Fsp3) is 0.304. The van der Waals surface area contributed by atoms with Gasteiger partial charge >= 0.3 is 0 Å². The van der Waals surface area contributed by atoms with Crippen molar-refractivity contribution in [1.29, 1.82) is 0 Å². The molecule has 3 heterocycles. The zero-order valence-electron chi connectivity index (χ0n) is 20.5. The molecular formula is C23H24N2S. The Morgan fingerprint density at radius 1 is 1.08 bits per heavy atom. The fourth-order valence-corrected chi connectivity index (χ4v) is 4.49. The molecule has 0 atom stereocenters. The van der Waals surface area contributed by atoms with Gasteiger partial charge in [0, 0.05) is 33.3 Å². The van der Waals surface area contributed by atoms with Crippen LogP contribution in [0.5, 0.6) is 0 Å². The summed E-state index contributed by atoms with van der Waals surface area (Å²) < 4.78 is 48.5. The third-order valence-electron chi connectivity index (χ3n) is 4.78. The van der Waals surface area contributed by atoms with Gasteiger partial charge in [0.1, 0.15) is 0 Å². The van der Waals surface area contributed by atoms with Crippen LogP contribution in [0.15, 0.2) is 60.2 Å². The van der Waals surface area contributed by atoms with Crippen LogP contribution in [0.3, 0.4) is 0 Å². The first-order valence-electron chi connectivity index (χ1n) is 12.0. The van der Waals surface area contributed by atoms with Gasteiger partial charge in [-0.05, 0) is 42.8 Å². The fourth-order valence-electron chi connectivity index (χ4n) is 3.45. The number of aromatic nitrogens is 2. The highest BCUT2D eigenvalue weighted by Crippen LogP contribution is 2.36. The largest absolute Gasteiger partial charge is 0.259 e. The van der Waals surface area contributed by atoms with Crippen LogP contribution in [0.1, 0.15) is 57.5 Å². The Kier molecular flexibility index (Phi) is 3.51. The van der Waals surface area contributed by atoms with Gasteiger partial charge < -0.3 is 0 Å². The number of rotatable bonds is 2. The van der Waals surface area contributed by atoms with Crippen molar-refractivity contribution in [1.82, 2.24) is 9.97 Å². The smallest absolute Gasteiger partial charge is 0.0843 e. The van der Waals surface area contributed by atoms with Crippen molar-refractivity contribution in [3.63, 3.8) is 0 Å². The van der Waals surface area contributed by atoms with E-state index in [2.05, 4.69) is 4.98 Å². The Bertz CT molecular complexity index is 1200. The SMILES string of the molecule is [2H]c1nc(-c2ccccc3ccnc(C4CCCCC4)c3sc2)c([2H])c([2H])c1C([2H])([2H])[2H]. The molecule has 1 saturated carbocycles. The molecule has 3 heteroatoms. The zero-order valence-corrected chi connectivity index (χ0v) is 15.3. The molecule has 1 aliphatic carbocycles. The molecule has 0 N–H and O–H groups in total. The minimum absolute atomic E-state index is 0.136. The van der Waals surface area contributed by atoms with Gasteiger partial charge in [0.15, 0.2) is 0 Å². The van der Waals surface area contributed by atoms with Crippen LogP contribution in [-0.4, -0.2) is 9.97 Å². The normalized spacial score (nSPS) is 18.8. The maximum atomic E-state index is 8.38. The second-order valence-corrected chi connectivity index (χ2v) is 7.44. The summed E-state index contributed by atoms with van der Waals surface area (Å²) in [6.45, 7) is -2.66. The maximum absolute atomic E-state index is 8.38. The molecule has 0 radical (unpaired) electrons. The molecular weight excluding hydrogens is 336 g/mol. The summed E-state index contributed by atoms with van der Waals surface area (Å²) in [7, 11) is 0. The topological polar surface area (TPSA) is 25.8 Å². The lowest BCUT2D eigenvalue weighted by atomic mass is 9.86. The highest BCUT2D eigenvalue weighted by molar-refractivity contribution is 7.16. The van der Waals surface area contributed by atoms with Crippen molar-refractivity contribution >= 4 is 21.4 Å². The molecule has 1 aliphatic rings. The van der Waals surface area contributed by atoms with Crippen molar-refractivity contribution in [2.45, 2.75) is 44.9 Å². The first-order chi connectivity index (χ1) is 15.3. The number of hydrogen-bond donors (Lipinski definition) is 0. The van der Waals surface area contributed by atoms with Gasteiger partial charge in [-0.15, -0.1) is 11.3 Å². The van der Waals surface area contributed by atoms with Crippen LogP contribution in [0.2, 0.25) is 0 Å². The predicted octanol–water partition coefficient (Wildman–Crippen LogP) is 6.84. The van der Waals surface area contributed by atoms with E-state index in [0.717, 1.165) is 28.6 Å². The van der Waals surface area contributed by atoms with Crippen molar-refractivity contribution < 1.29 is 8.22 Å². The van der Waals surface area contributed by atoms with Gasteiger partial charge in [0.25, 0.3) is 0 Å². The summed E-state index contributed by atoms with van der Waals surface area (Å²) in [5.74, 6) is 0.424. The van der Waals surface area contributed by atoms with Crippen molar-refractivity contribution in [3.05, 3.63) is 71.4 Å². The Morgan fingerprint density at radius 2 is 1.96 bits per heavy atom. The molecule has 0 aromatic carbocycles. The van der Waals surface area contributed by atoms with Gasteiger partial charge in [-0.1, -0.05) is 49.6 Å². The lowest BCUT2D eigenvalue weighted by molar-refractivity contribution is 0.439. The van der Waals surface area contributed by atoms with Crippen LogP contribution < -0.4 is 0 Å². The van der Waals surface area contributed by atoms with Gasteiger partial charge in [-0.25, -0.2) is 0 Å². The molecule has 0 spiro atoms. The average Bonchev–Trinajstić information content (AvgIpc) is 2.86. The summed E-state index contributed by atoms with van der Waals surface area (Å²) >= 11 is 1.51. The highest BCUT2D eigenvalue weighted by Gasteiger charge is 2.18. The molecule has 0 saturated heterocycles. The minimum Gasteiger partial charge on any atom is -0.259 e. The second-order valence-electron chi connectivity index (χ2n) is 6.56. The Balaban J connectivity index is 1.91. The minimum atomic E-state index is -2.66. The van der Waals surface area contributed by atoms with Crippen molar-refractivity contribution in [3.8, 4) is 11.3 Å². The molecule has 3 aromatic heterocycles. The Labute approximate surface area is 167 Å². The average molecular weight is 367 g/mol. The first-order valence-corrected chi connectivity index (χ1v) is 9.84. The summed E-state index contributed by atoms with van der Waals surface area (Å²) in [5.41, 5.74) is 1.31. The lowest BCUT2D eigenvalue weighted by Crippen LogP contribution is -2.06. The highest BCUT2D eigenvalue weighted by atomic mass is 32.1. The van der Waals surface area contributed by atoms with E-state index in [1.165, 1.54) is 30.6 Å². The van der Waals surface area contributed by atoms with E-state index in [1.807, 2.05) is 35.8 Å². The molecule has 2 nitrogen and oxygen atoms in total. The van der Waals surface area contributed by atoms with Crippen molar-refractivity contribution in [2.75, 3.05) is 0 Å². The Morgan fingerprint density at radius 3 is 2.85 bits per heavy atom. The van der Waals surface area contributed by atoms with Gasteiger partial charge in [0.05, 0.1) is 20.2 Å².